The summed E-state index contributed by atoms with van der Waals surface area (Å²) in [5, 5.41) is 18.7. The Morgan fingerprint density at radius 3 is 2.53 bits per heavy atom. The first-order valence-electron chi connectivity index (χ1n) is 8.91. The predicted octanol–water partition coefficient (Wildman–Crippen LogP) is 6.58. The lowest BCUT2D eigenvalue weighted by atomic mass is 10.0. The average Bonchev–Trinajstić information content (AvgIpc) is 2.77. The lowest BCUT2D eigenvalue weighted by Crippen LogP contribution is -2.00. The van der Waals surface area contributed by atoms with Gasteiger partial charge in [-0.25, -0.2) is 0 Å². The van der Waals surface area contributed by atoms with Crippen LogP contribution in [0.15, 0.2) is 65.1 Å². The zero-order chi connectivity index (χ0) is 21.5. The van der Waals surface area contributed by atoms with E-state index in [2.05, 4.69) is 50.7 Å². The topological polar surface area (TPSA) is 66.0 Å². The Kier molecular flexibility index (Phi) is 7.51. The largest absolute Gasteiger partial charge is 0.493 e. The van der Waals surface area contributed by atoms with Gasteiger partial charge in [0.05, 0.1) is 34.0 Å². The fourth-order valence-electron chi connectivity index (χ4n) is 2.80. The van der Waals surface area contributed by atoms with E-state index in [1.807, 2.05) is 42.5 Å². The summed E-state index contributed by atoms with van der Waals surface area (Å²) in [6.45, 7) is 0.416. The van der Waals surface area contributed by atoms with Crippen molar-refractivity contribution in [3.8, 4) is 23.6 Å². The van der Waals surface area contributed by atoms with Crippen molar-refractivity contribution in [3.05, 3.63) is 91.0 Å². The normalized spacial score (nSPS) is 10.8. The molecule has 0 saturated carbocycles. The third-order valence-electron chi connectivity index (χ3n) is 4.28. The molecule has 0 bridgehead atoms. The molecular formula is C24H16BrIN2O2. The number of rotatable bonds is 6. The van der Waals surface area contributed by atoms with Crippen molar-refractivity contribution < 1.29 is 9.47 Å². The first kappa shape index (κ1) is 21.9. The van der Waals surface area contributed by atoms with Crippen LogP contribution in [0, 0.1) is 26.2 Å². The SMILES string of the molecule is COc1cc(C=C(C#N)c2cccc(C#N)c2)cc(I)c1OCc1ccc(Br)cc1. The molecule has 0 saturated heterocycles. The van der Waals surface area contributed by atoms with Crippen LogP contribution >= 0.6 is 38.5 Å². The van der Waals surface area contributed by atoms with Gasteiger partial charge in [-0.05, 0) is 81.8 Å². The van der Waals surface area contributed by atoms with Gasteiger partial charge in [0.1, 0.15) is 6.61 Å². The Morgan fingerprint density at radius 2 is 1.87 bits per heavy atom. The fourth-order valence-corrected chi connectivity index (χ4v) is 3.85. The van der Waals surface area contributed by atoms with Crippen LogP contribution in [-0.2, 0) is 6.61 Å². The Hall–Kier alpha value is -2.81. The van der Waals surface area contributed by atoms with Gasteiger partial charge >= 0.3 is 0 Å². The number of nitrogens with zero attached hydrogens (tertiary/aromatic N) is 2. The van der Waals surface area contributed by atoms with Crippen molar-refractivity contribution in [1.82, 2.24) is 0 Å². The Morgan fingerprint density at radius 1 is 1.10 bits per heavy atom. The molecule has 0 aliphatic heterocycles. The highest BCUT2D eigenvalue weighted by atomic mass is 127. The molecule has 30 heavy (non-hydrogen) atoms. The van der Waals surface area contributed by atoms with Gasteiger partial charge in [0.2, 0.25) is 0 Å². The Labute approximate surface area is 197 Å². The van der Waals surface area contributed by atoms with Gasteiger partial charge in [-0.3, -0.25) is 0 Å². The van der Waals surface area contributed by atoms with Crippen LogP contribution < -0.4 is 9.47 Å². The number of benzene rings is 3. The van der Waals surface area contributed by atoms with E-state index in [-0.39, 0.29) is 0 Å². The minimum atomic E-state index is 0.416. The van der Waals surface area contributed by atoms with E-state index in [0.29, 0.717) is 34.8 Å². The van der Waals surface area contributed by atoms with Crippen molar-refractivity contribution in [1.29, 1.82) is 10.5 Å². The van der Waals surface area contributed by atoms with Crippen molar-refractivity contribution >= 4 is 50.2 Å². The Bertz CT molecular complexity index is 1180. The zero-order valence-electron chi connectivity index (χ0n) is 16.0. The summed E-state index contributed by atoms with van der Waals surface area (Å²) >= 11 is 5.63. The van der Waals surface area contributed by atoms with E-state index in [4.69, 9.17) is 14.7 Å². The van der Waals surface area contributed by atoms with Gasteiger partial charge in [0, 0.05) is 4.47 Å². The van der Waals surface area contributed by atoms with Crippen LogP contribution in [0.2, 0.25) is 0 Å². The molecule has 3 rings (SSSR count). The Balaban J connectivity index is 1.90. The smallest absolute Gasteiger partial charge is 0.174 e. The lowest BCUT2D eigenvalue weighted by Gasteiger charge is -2.14. The molecular weight excluding hydrogens is 555 g/mol. The summed E-state index contributed by atoms with van der Waals surface area (Å²) in [5.74, 6) is 1.25. The average molecular weight is 571 g/mol. The number of halogens is 2. The van der Waals surface area contributed by atoms with Gasteiger partial charge in [-0.1, -0.05) is 40.2 Å². The minimum Gasteiger partial charge on any atom is -0.493 e. The van der Waals surface area contributed by atoms with Gasteiger partial charge in [-0.15, -0.1) is 0 Å². The predicted molar refractivity (Wildman–Crippen MR) is 129 cm³/mol. The second-order valence-corrected chi connectivity index (χ2v) is 8.39. The molecule has 0 heterocycles. The molecule has 0 fully saturated rings. The maximum absolute atomic E-state index is 9.62. The molecule has 0 unspecified atom stereocenters. The van der Waals surface area contributed by atoms with E-state index in [1.165, 1.54) is 0 Å². The minimum absolute atomic E-state index is 0.416. The summed E-state index contributed by atoms with van der Waals surface area (Å²) in [6, 6.07) is 23.0. The lowest BCUT2D eigenvalue weighted by molar-refractivity contribution is 0.282. The maximum Gasteiger partial charge on any atom is 0.174 e. The third-order valence-corrected chi connectivity index (χ3v) is 5.61. The van der Waals surface area contributed by atoms with E-state index >= 15 is 0 Å². The van der Waals surface area contributed by atoms with Crippen molar-refractivity contribution in [3.63, 3.8) is 0 Å². The molecule has 0 aliphatic rings. The van der Waals surface area contributed by atoms with E-state index in [0.717, 1.165) is 19.2 Å². The number of nitriles is 2. The highest BCUT2D eigenvalue weighted by molar-refractivity contribution is 14.1. The highest BCUT2D eigenvalue weighted by Crippen LogP contribution is 2.35. The molecule has 148 valence electrons. The number of hydrogen-bond acceptors (Lipinski definition) is 4. The first-order chi connectivity index (χ1) is 14.5. The molecule has 0 aliphatic carbocycles. The molecule has 0 atom stereocenters. The standard InChI is InChI=1S/C24H16BrIN2O2/c1-29-23-12-18(10-20(14-28)19-4-2-3-17(9-19)13-27)11-22(26)24(23)30-15-16-5-7-21(25)8-6-16/h2-12H,15H2,1H3. The number of ether oxygens (including phenoxy) is 2. The molecule has 0 spiro atoms. The van der Waals surface area contributed by atoms with Gasteiger partial charge < -0.3 is 9.47 Å². The van der Waals surface area contributed by atoms with Crippen LogP contribution in [0.1, 0.15) is 22.3 Å². The number of methoxy groups -OCH3 is 1. The number of hydrogen-bond donors (Lipinski definition) is 0. The van der Waals surface area contributed by atoms with Crippen LogP contribution in [0.4, 0.5) is 0 Å². The summed E-state index contributed by atoms with van der Waals surface area (Å²) in [4.78, 5) is 0. The highest BCUT2D eigenvalue weighted by Gasteiger charge is 2.12. The van der Waals surface area contributed by atoms with Crippen LogP contribution in [0.25, 0.3) is 11.6 Å². The molecule has 0 aromatic heterocycles. The molecule has 0 radical (unpaired) electrons. The van der Waals surface area contributed by atoms with Gasteiger partial charge in [-0.2, -0.15) is 10.5 Å². The first-order valence-corrected chi connectivity index (χ1v) is 10.8. The van der Waals surface area contributed by atoms with E-state index in [1.54, 1.807) is 31.4 Å². The van der Waals surface area contributed by atoms with Crippen molar-refractivity contribution in [2.24, 2.45) is 0 Å². The summed E-state index contributed by atoms with van der Waals surface area (Å²) < 4.78 is 13.4. The zero-order valence-corrected chi connectivity index (χ0v) is 19.8. The second kappa shape index (κ2) is 10.3. The monoisotopic (exact) mass is 570 g/mol. The van der Waals surface area contributed by atoms with E-state index in [9.17, 15) is 5.26 Å². The second-order valence-electron chi connectivity index (χ2n) is 6.31. The van der Waals surface area contributed by atoms with Gasteiger partial charge in [0.25, 0.3) is 0 Å². The van der Waals surface area contributed by atoms with Crippen LogP contribution in [0.3, 0.4) is 0 Å². The third kappa shape index (κ3) is 5.41. The molecule has 3 aromatic rings. The van der Waals surface area contributed by atoms with Crippen LogP contribution in [0.5, 0.6) is 11.5 Å². The van der Waals surface area contributed by atoms with Gasteiger partial charge in [0.15, 0.2) is 11.5 Å². The molecule has 4 nitrogen and oxygen atoms in total. The molecule has 3 aromatic carbocycles. The quantitative estimate of drug-likeness (QED) is 0.191. The maximum atomic E-state index is 9.62. The summed E-state index contributed by atoms with van der Waals surface area (Å²) in [7, 11) is 1.59. The number of allylic oxidation sites excluding steroid dienone is 1. The van der Waals surface area contributed by atoms with Crippen molar-refractivity contribution in [2.75, 3.05) is 7.11 Å². The molecule has 0 N–H and O–H groups in total. The van der Waals surface area contributed by atoms with Crippen molar-refractivity contribution in [2.45, 2.75) is 6.61 Å². The molecule has 6 heteroatoms. The fraction of sp³-hybridized carbons (Fsp3) is 0.0833. The van der Waals surface area contributed by atoms with E-state index < -0.39 is 0 Å². The summed E-state index contributed by atoms with van der Waals surface area (Å²) in [5.41, 5.74) is 3.53. The van der Waals surface area contributed by atoms with Crippen LogP contribution in [-0.4, -0.2) is 7.11 Å². The summed E-state index contributed by atoms with van der Waals surface area (Å²) in [6.07, 6.45) is 1.78. The molecule has 0 amide bonds.